The molecule has 0 bridgehead atoms. The second kappa shape index (κ2) is 8.21. The number of benzene rings is 1. The van der Waals surface area contributed by atoms with E-state index in [2.05, 4.69) is 5.32 Å². The molecule has 0 aromatic heterocycles. The second-order valence-electron chi connectivity index (χ2n) is 4.08. The molecule has 0 heterocycles. The van der Waals surface area contributed by atoms with Crippen LogP contribution in [0.5, 0.6) is 0 Å². The number of carboxylic acids is 1. The zero-order valence-corrected chi connectivity index (χ0v) is 11.6. The maximum Gasteiger partial charge on any atom is 0.326 e. The number of carboxylic acid groups (broad SMARTS) is 1. The van der Waals surface area contributed by atoms with Crippen LogP contribution in [0, 0.1) is 0 Å². The summed E-state index contributed by atoms with van der Waals surface area (Å²) in [6.07, 6.45) is 0.730. The molecule has 7 heteroatoms. The van der Waals surface area contributed by atoms with E-state index in [-0.39, 0.29) is 0 Å². The number of rotatable bonds is 9. The maximum atomic E-state index is 11.0. The van der Waals surface area contributed by atoms with Crippen molar-refractivity contribution < 1.29 is 19.5 Å². The Kier molecular flexibility index (Phi) is 6.58. The lowest BCUT2D eigenvalue weighted by atomic mass is 10.1. The summed E-state index contributed by atoms with van der Waals surface area (Å²) in [7, 11) is 0. The van der Waals surface area contributed by atoms with E-state index in [1.807, 2.05) is 6.07 Å². The molecule has 108 valence electrons. The number of primary amides is 1. The van der Waals surface area contributed by atoms with E-state index in [1.54, 1.807) is 18.2 Å². The van der Waals surface area contributed by atoms with Crippen LogP contribution in [0.25, 0.3) is 0 Å². The van der Waals surface area contributed by atoms with Crippen LogP contribution in [0.2, 0.25) is 0 Å². The standard InChI is InChI=1S/C13H16N2O4S/c14-12(17)10-3-1-2-9(6-10)7-20-5-4-11(13(18)19)15-8-16/h1-3,6,8,11H,4-5,7H2,(H2,14,17)(H,15,16)(H,18,19). The molecule has 0 aliphatic carbocycles. The molecule has 0 aliphatic heterocycles. The molecule has 0 aliphatic rings. The lowest BCUT2D eigenvalue weighted by Gasteiger charge is -2.10. The van der Waals surface area contributed by atoms with Crippen LogP contribution in [-0.2, 0) is 15.3 Å². The quantitative estimate of drug-likeness (QED) is 0.457. The van der Waals surface area contributed by atoms with Crippen LogP contribution in [0.1, 0.15) is 22.3 Å². The summed E-state index contributed by atoms with van der Waals surface area (Å²) < 4.78 is 0. The first-order valence-electron chi connectivity index (χ1n) is 5.93. The number of thioether (sulfide) groups is 1. The topological polar surface area (TPSA) is 109 Å². The number of carbonyl (C=O) groups is 3. The van der Waals surface area contributed by atoms with Gasteiger partial charge in [0.25, 0.3) is 0 Å². The van der Waals surface area contributed by atoms with Crippen molar-refractivity contribution in [1.29, 1.82) is 0 Å². The van der Waals surface area contributed by atoms with Crippen molar-refractivity contribution >= 4 is 30.0 Å². The fraction of sp³-hybridized carbons (Fsp3) is 0.308. The first kappa shape index (κ1) is 16.0. The molecular formula is C13H16N2O4S. The maximum absolute atomic E-state index is 11.0. The van der Waals surface area contributed by atoms with Crippen LogP contribution in [0.4, 0.5) is 0 Å². The van der Waals surface area contributed by atoms with Gasteiger partial charge in [0.1, 0.15) is 6.04 Å². The third-order valence-electron chi connectivity index (χ3n) is 2.60. The van der Waals surface area contributed by atoms with Gasteiger partial charge in [-0.25, -0.2) is 4.79 Å². The largest absolute Gasteiger partial charge is 0.480 e. The number of nitrogens with two attached hydrogens (primary N) is 1. The van der Waals surface area contributed by atoms with Gasteiger partial charge in [-0.1, -0.05) is 12.1 Å². The number of aliphatic carboxylic acids is 1. The van der Waals surface area contributed by atoms with E-state index < -0.39 is 17.9 Å². The second-order valence-corrected chi connectivity index (χ2v) is 5.19. The molecule has 0 saturated heterocycles. The average molecular weight is 296 g/mol. The number of carbonyl (C=O) groups excluding carboxylic acids is 2. The van der Waals surface area contributed by atoms with Crippen LogP contribution < -0.4 is 11.1 Å². The molecule has 1 aromatic carbocycles. The minimum Gasteiger partial charge on any atom is -0.480 e. The average Bonchev–Trinajstić information content (AvgIpc) is 2.42. The van der Waals surface area contributed by atoms with Crippen LogP contribution in [0.15, 0.2) is 24.3 Å². The van der Waals surface area contributed by atoms with E-state index >= 15 is 0 Å². The minimum absolute atomic E-state index is 0.342. The van der Waals surface area contributed by atoms with Crippen molar-refractivity contribution in [2.24, 2.45) is 5.73 Å². The van der Waals surface area contributed by atoms with E-state index in [9.17, 15) is 14.4 Å². The van der Waals surface area contributed by atoms with E-state index in [0.29, 0.717) is 29.9 Å². The highest BCUT2D eigenvalue weighted by Crippen LogP contribution is 2.15. The first-order valence-corrected chi connectivity index (χ1v) is 7.09. The van der Waals surface area contributed by atoms with E-state index in [4.69, 9.17) is 10.8 Å². The zero-order valence-electron chi connectivity index (χ0n) is 10.7. The molecule has 1 aromatic rings. The summed E-state index contributed by atoms with van der Waals surface area (Å²) in [4.78, 5) is 32.1. The van der Waals surface area contributed by atoms with Crippen LogP contribution in [-0.4, -0.2) is 35.2 Å². The van der Waals surface area contributed by atoms with Crippen molar-refractivity contribution in [3.63, 3.8) is 0 Å². The molecular weight excluding hydrogens is 280 g/mol. The fourth-order valence-electron chi connectivity index (χ4n) is 1.57. The molecule has 1 unspecified atom stereocenters. The Bertz CT molecular complexity index is 493. The molecule has 0 spiro atoms. The Hall–Kier alpha value is -2.02. The number of amides is 2. The molecule has 4 N–H and O–H groups in total. The molecule has 0 radical (unpaired) electrons. The lowest BCUT2D eigenvalue weighted by molar-refractivity contribution is -0.140. The zero-order chi connectivity index (χ0) is 15.0. The third kappa shape index (κ3) is 5.31. The fourth-order valence-corrected chi connectivity index (χ4v) is 2.53. The van der Waals surface area contributed by atoms with Crippen molar-refractivity contribution in [2.45, 2.75) is 18.2 Å². The van der Waals surface area contributed by atoms with Gasteiger partial charge in [0, 0.05) is 11.3 Å². The SMILES string of the molecule is NC(=O)c1cccc(CSCCC(NC=O)C(=O)O)c1. The van der Waals surface area contributed by atoms with Gasteiger partial charge in [0.15, 0.2) is 0 Å². The van der Waals surface area contributed by atoms with Gasteiger partial charge in [-0.05, 0) is 29.9 Å². The summed E-state index contributed by atoms with van der Waals surface area (Å²) in [6.45, 7) is 0. The third-order valence-corrected chi connectivity index (χ3v) is 3.66. The Morgan fingerprint density at radius 2 is 2.20 bits per heavy atom. The molecule has 1 rings (SSSR count). The summed E-state index contributed by atoms with van der Waals surface area (Å²) in [5.74, 6) is -0.293. The first-order chi connectivity index (χ1) is 9.54. The van der Waals surface area contributed by atoms with Gasteiger partial charge < -0.3 is 16.2 Å². The molecule has 2 amide bonds. The normalized spacial score (nSPS) is 11.6. The lowest BCUT2D eigenvalue weighted by Crippen LogP contribution is -2.36. The Labute approximate surface area is 120 Å². The summed E-state index contributed by atoms with van der Waals surface area (Å²) in [6, 6.07) is 6.12. The summed E-state index contributed by atoms with van der Waals surface area (Å²) in [5, 5.41) is 11.1. The van der Waals surface area contributed by atoms with Crippen molar-refractivity contribution in [3.8, 4) is 0 Å². The molecule has 0 saturated carbocycles. The highest BCUT2D eigenvalue weighted by Gasteiger charge is 2.15. The van der Waals surface area contributed by atoms with E-state index in [1.165, 1.54) is 11.8 Å². The highest BCUT2D eigenvalue weighted by molar-refractivity contribution is 7.98. The number of nitrogens with one attached hydrogen (secondary N) is 1. The van der Waals surface area contributed by atoms with Gasteiger partial charge in [0.2, 0.25) is 12.3 Å². The van der Waals surface area contributed by atoms with Crippen molar-refractivity contribution in [1.82, 2.24) is 5.32 Å². The molecule has 20 heavy (non-hydrogen) atoms. The predicted octanol–water partition coefficient (Wildman–Crippen LogP) is 0.608. The van der Waals surface area contributed by atoms with Crippen molar-refractivity contribution in [2.75, 3.05) is 5.75 Å². The highest BCUT2D eigenvalue weighted by atomic mass is 32.2. The summed E-state index contributed by atoms with van der Waals surface area (Å²) >= 11 is 1.53. The summed E-state index contributed by atoms with van der Waals surface area (Å²) in [5.41, 5.74) is 6.59. The monoisotopic (exact) mass is 296 g/mol. The Balaban J connectivity index is 2.40. The van der Waals surface area contributed by atoms with Crippen LogP contribution >= 0.6 is 11.8 Å². The molecule has 1 atom stereocenters. The van der Waals surface area contributed by atoms with Gasteiger partial charge in [-0.3, -0.25) is 9.59 Å². The smallest absolute Gasteiger partial charge is 0.326 e. The van der Waals surface area contributed by atoms with Crippen LogP contribution in [0.3, 0.4) is 0 Å². The van der Waals surface area contributed by atoms with Crippen molar-refractivity contribution in [3.05, 3.63) is 35.4 Å². The van der Waals surface area contributed by atoms with Gasteiger partial charge in [0.05, 0.1) is 0 Å². The Morgan fingerprint density at radius 3 is 2.80 bits per heavy atom. The minimum atomic E-state index is -1.05. The van der Waals surface area contributed by atoms with Gasteiger partial charge in [-0.15, -0.1) is 0 Å². The number of hydrogen-bond donors (Lipinski definition) is 3. The number of hydrogen-bond acceptors (Lipinski definition) is 4. The van der Waals surface area contributed by atoms with E-state index in [0.717, 1.165) is 5.56 Å². The molecule has 6 nitrogen and oxygen atoms in total. The Morgan fingerprint density at radius 1 is 1.45 bits per heavy atom. The van der Waals surface area contributed by atoms with Gasteiger partial charge in [-0.2, -0.15) is 11.8 Å². The molecule has 0 fully saturated rings. The van der Waals surface area contributed by atoms with Gasteiger partial charge >= 0.3 is 5.97 Å². The predicted molar refractivity (Wildman–Crippen MR) is 76.4 cm³/mol.